The van der Waals surface area contributed by atoms with E-state index in [4.69, 9.17) is 0 Å². The van der Waals surface area contributed by atoms with Crippen molar-refractivity contribution in [2.24, 2.45) is 4.99 Å². The molecular weight excluding hydrogens is 344 g/mol. The Bertz CT molecular complexity index is 542. The summed E-state index contributed by atoms with van der Waals surface area (Å²) >= 11 is 3.46. The number of halogens is 1. The molecule has 1 amide bonds. The lowest BCUT2D eigenvalue weighted by Gasteiger charge is -2.12. The molecule has 1 saturated carbocycles. The van der Waals surface area contributed by atoms with Crippen LogP contribution in [0.3, 0.4) is 0 Å². The molecule has 0 bridgehead atoms. The van der Waals surface area contributed by atoms with Crippen molar-refractivity contribution in [2.75, 3.05) is 27.2 Å². The second kappa shape index (κ2) is 7.63. The molecule has 5 nitrogen and oxygen atoms in total. The summed E-state index contributed by atoms with van der Waals surface area (Å²) in [5.41, 5.74) is 1.33. The van der Waals surface area contributed by atoms with E-state index in [1.165, 1.54) is 5.56 Å². The minimum Gasteiger partial charge on any atom is -0.357 e. The Morgan fingerprint density at radius 3 is 2.64 bits per heavy atom. The molecule has 120 valence electrons. The van der Waals surface area contributed by atoms with Gasteiger partial charge in [0.25, 0.3) is 0 Å². The van der Waals surface area contributed by atoms with E-state index in [2.05, 4.69) is 55.8 Å². The molecule has 2 N–H and O–H groups in total. The van der Waals surface area contributed by atoms with Crippen LogP contribution in [-0.2, 0) is 4.79 Å². The summed E-state index contributed by atoms with van der Waals surface area (Å²) in [6, 6.07) is 8.82. The van der Waals surface area contributed by atoms with Crippen molar-refractivity contribution in [3.8, 4) is 0 Å². The smallest absolute Gasteiger partial charge is 0.243 e. The number of hydrogen-bond acceptors (Lipinski definition) is 2. The van der Waals surface area contributed by atoms with Crippen molar-refractivity contribution in [1.29, 1.82) is 0 Å². The molecule has 0 saturated heterocycles. The first kappa shape index (κ1) is 16.8. The zero-order chi connectivity index (χ0) is 16.1. The standard InChI is InChI=1S/C16H23BrN4O/c1-4-18-16(19-10-15(22)21(2)3)20-14-9-13(14)11-5-7-12(17)8-6-11/h5-8,13-14H,4,9-10H2,1-3H3,(H2,18,19,20). The van der Waals surface area contributed by atoms with Gasteiger partial charge in [-0.15, -0.1) is 0 Å². The molecule has 6 heteroatoms. The molecule has 1 aromatic rings. The van der Waals surface area contributed by atoms with Crippen LogP contribution in [0.5, 0.6) is 0 Å². The number of amides is 1. The maximum atomic E-state index is 11.6. The van der Waals surface area contributed by atoms with Gasteiger partial charge in [0.05, 0.1) is 0 Å². The van der Waals surface area contributed by atoms with Crippen LogP contribution in [0.1, 0.15) is 24.8 Å². The van der Waals surface area contributed by atoms with E-state index < -0.39 is 0 Å². The normalized spacial score (nSPS) is 20.5. The van der Waals surface area contributed by atoms with E-state index in [1.54, 1.807) is 19.0 Å². The van der Waals surface area contributed by atoms with Crippen LogP contribution in [0.15, 0.2) is 33.7 Å². The number of guanidine groups is 1. The van der Waals surface area contributed by atoms with Gasteiger partial charge < -0.3 is 15.5 Å². The van der Waals surface area contributed by atoms with Crippen LogP contribution in [-0.4, -0.2) is 50.0 Å². The lowest BCUT2D eigenvalue weighted by molar-refractivity contribution is -0.127. The molecule has 1 aromatic carbocycles. The van der Waals surface area contributed by atoms with Crippen LogP contribution in [0.25, 0.3) is 0 Å². The van der Waals surface area contributed by atoms with Gasteiger partial charge in [-0.05, 0) is 31.0 Å². The van der Waals surface area contributed by atoms with Gasteiger partial charge in [-0.25, -0.2) is 4.99 Å². The van der Waals surface area contributed by atoms with E-state index in [1.807, 2.05) is 6.92 Å². The van der Waals surface area contributed by atoms with Gasteiger partial charge >= 0.3 is 0 Å². The Balaban J connectivity index is 1.91. The predicted octanol–water partition coefficient (Wildman–Crippen LogP) is 1.95. The van der Waals surface area contributed by atoms with Gasteiger partial charge in [-0.2, -0.15) is 0 Å². The predicted molar refractivity (Wildman–Crippen MR) is 93.1 cm³/mol. The van der Waals surface area contributed by atoms with Crippen LogP contribution in [0.4, 0.5) is 0 Å². The number of carbonyl (C=O) groups excluding carboxylic acids is 1. The number of carbonyl (C=O) groups is 1. The quantitative estimate of drug-likeness (QED) is 0.618. The number of likely N-dealkylation sites (N-methyl/N-ethyl adjacent to an activating group) is 1. The second-order valence-electron chi connectivity index (χ2n) is 5.63. The summed E-state index contributed by atoms with van der Waals surface area (Å²) in [6.07, 6.45) is 1.09. The summed E-state index contributed by atoms with van der Waals surface area (Å²) in [5, 5.41) is 6.60. The Kier molecular flexibility index (Phi) is 5.83. The molecule has 0 spiro atoms. The van der Waals surface area contributed by atoms with Gasteiger partial charge in [-0.3, -0.25) is 4.79 Å². The molecule has 1 aliphatic rings. The summed E-state index contributed by atoms with van der Waals surface area (Å²) in [7, 11) is 3.48. The number of rotatable bonds is 5. The highest BCUT2D eigenvalue weighted by Crippen LogP contribution is 2.40. The highest BCUT2D eigenvalue weighted by Gasteiger charge is 2.38. The Labute approximate surface area is 140 Å². The average molecular weight is 367 g/mol. The van der Waals surface area contributed by atoms with Crippen molar-refractivity contribution >= 4 is 27.8 Å². The van der Waals surface area contributed by atoms with Crippen molar-refractivity contribution in [2.45, 2.75) is 25.3 Å². The topological polar surface area (TPSA) is 56.7 Å². The van der Waals surface area contributed by atoms with Crippen molar-refractivity contribution in [1.82, 2.24) is 15.5 Å². The molecule has 22 heavy (non-hydrogen) atoms. The molecule has 0 aromatic heterocycles. The van der Waals surface area contributed by atoms with Crippen molar-refractivity contribution in [3.63, 3.8) is 0 Å². The molecule has 1 aliphatic carbocycles. The molecule has 2 rings (SSSR count). The third-order valence-electron chi connectivity index (χ3n) is 3.63. The first-order valence-corrected chi connectivity index (χ1v) is 8.31. The zero-order valence-electron chi connectivity index (χ0n) is 13.3. The molecule has 0 radical (unpaired) electrons. The van der Waals surface area contributed by atoms with E-state index in [0.717, 1.165) is 17.4 Å². The lowest BCUT2D eigenvalue weighted by Crippen LogP contribution is -2.40. The summed E-state index contributed by atoms with van der Waals surface area (Å²) in [4.78, 5) is 17.5. The fourth-order valence-electron chi connectivity index (χ4n) is 2.22. The zero-order valence-corrected chi connectivity index (χ0v) is 14.9. The van der Waals surface area contributed by atoms with Crippen LogP contribution >= 0.6 is 15.9 Å². The molecule has 0 heterocycles. The monoisotopic (exact) mass is 366 g/mol. The largest absolute Gasteiger partial charge is 0.357 e. The van der Waals surface area contributed by atoms with Gasteiger partial charge in [0.15, 0.2) is 5.96 Å². The van der Waals surface area contributed by atoms with Crippen LogP contribution < -0.4 is 10.6 Å². The van der Waals surface area contributed by atoms with Gasteiger partial charge in [0.2, 0.25) is 5.91 Å². The lowest BCUT2D eigenvalue weighted by atomic mass is 10.1. The second-order valence-corrected chi connectivity index (χ2v) is 6.54. The Morgan fingerprint density at radius 2 is 2.05 bits per heavy atom. The summed E-state index contributed by atoms with van der Waals surface area (Å²) in [5.74, 6) is 1.22. The fraction of sp³-hybridized carbons (Fsp3) is 0.500. The molecule has 1 fully saturated rings. The molecule has 2 unspecified atom stereocenters. The van der Waals surface area contributed by atoms with Crippen molar-refractivity contribution < 1.29 is 4.79 Å². The third-order valence-corrected chi connectivity index (χ3v) is 4.15. The highest BCUT2D eigenvalue weighted by atomic mass is 79.9. The number of benzene rings is 1. The first-order chi connectivity index (χ1) is 10.5. The third kappa shape index (κ3) is 4.73. The average Bonchev–Trinajstić information content (AvgIpc) is 3.24. The van der Waals surface area contributed by atoms with E-state index >= 15 is 0 Å². The number of hydrogen-bond donors (Lipinski definition) is 2. The van der Waals surface area contributed by atoms with E-state index in [-0.39, 0.29) is 12.5 Å². The van der Waals surface area contributed by atoms with E-state index in [9.17, 15) is 4.79 Å². The SMILES string of the molecule is CCNC(=NCC(=O)N(C)C)NC1CC1c1ccc(Br)cc1. The Morgan fingerprint density at radius 1 is 1.36 bits per heavy atom. The first-order valence-electron chi connectivity index (χ1n) is 7.51. The fourth-order valence-corrected chi connectivity index (χ4v) is 2.48. The molecular formula is C16H23BrN4O. The van der Waals surface area contributed by atoms with Crippen LogP contribution in [0, 0.1) is 0 Å². The van der Waals surface area contributed by atoms with Crippen molar-refractivity contribution in [3.05, 3.63) is 34.3 Å². The minimum atomic E-state index is -0.00235. The van der Waals surface area contributed by atoms with Gasteiger partial charge in [-0.1, -0.05) is 28.1 Å². The summed E-state index contributed by atoms with van der Waals surface area (Å²) in [6.45, 7) is 2.96. The number of nitrogens with one attached hydrogen (secondary N) is 2. The number of aliphatic imine (C=N–C) groups is 1. The maximum absolute atomic E-state index is 11.6. The Hall–Kier alpha value is -1.56. The van der Waals surface area contributed by atoms with Gasteiger partial charge in [0, 0.05) is 37.1 Å². The molecule has 2 atom stereocenters. The minimum absolute atomic E-state index is 0.00235. The van der Waals surface area contributed by atoms with Gasteiger partial charge in [0.1, 0.15) is 6.54 Å². The highest BCUT2D eigenvalue weighted by molar-refractivity contribution is 9.10. The van der Waals surface area contributed by atoms with Crippen LogP contribution in [0.2, 0.25) is 0 Å². The van der Waals surface area contributed by atoms with E-state index in [0.29, 0.717) is 17.9 Å². The maximum Gasteiger partial charge on any atom is 0.243 e. The number of nitrogens with zero attached hydrogens (tertiary/aromatic N) is 2. The molecule has 0 aliphatic heterocycles. The summed E-state index contributed by atoms with van der Waals surface area (Å²) < 4.78 is 1.10.